The molecule has 0 unspecified atom stereocenters. The van der Waals surface area contributed by atoms with Crippen molar-refractivity contribution in [2.45, 2.75) is 6.92 Å². The Kier molecular flexibility index (Phi) is 3.00. The van der Waals surface area contributed by atoms with Crippen LogP contribution in [0.15, 0.2) is 12.1 Å². The minimum Gasteiger partial charge on any atom is -0.298 e. The molecular formula is C10H6ClNO2. The van der Waals surface area contributed by atoms with E-state index in [9.17, 15) is 9.59 Å². The monoisotopic (exact) mass is 207 g/mol. The lowest BCUT2D eigenvalue weighted by Gasteiger charge is -2.02. The highest BCUT2D eigenvalue weighted by Gasteiger charge is 2.10. The summed E-state index contributed by atoms with van der Waals surface area (Å²) in [5.74, 6) is -0.234. The summed E-state index contributed by atoms with van der Waals surface area (Å²) < 4.78 is 0. The number of aldehydes is 1. The summed E-state index contributed by atoms with van der Waals surface area (Å²) >= 11 is 5.74. The van der Waals surface area contributed by atoms with E-state index in [4.69, 9.17) is 16.9 Å². The number of carbonyl (C=O) groups excluding carboxylic acids is 2. The number of Topliss-reactive ketones (excluding diaryl/α,β-unsaturated/α-hetero) is 1. The number of carbonyl (C=O) groups is 2. The minimum absolute atomic E-state index is 0.176. The minimum atomic E-state index is -0.234. The average molecular weight is 208 g/mol. The maximum atomic E-state index is 11.1. The quantitative estimate of drug-likeness (QED) is 0.552. The Morgan fingerprint density at radius 3 is 2.64 bits per heavy atom. The standard InChI is InChI=1S/C10H6ClNO2/c1-6(14)9-2-8(5-13)7(4-12)3-10(9)11/h2-3,5H,1H3. The lowest BCUT2D eigenvalue weighted by molar-refractivity contribution is 0.101. The lowest BCUT2D eigenvalue weighted by Crippen LogP contribution is -1.98. The van der Waals surface area contributed by atoms with Crippen LogP contribution in [0.4, 0.5) is 0 Å². The van der Waals surface area contributed by atoms with E-state index < -0.39 is 0 Å². The second-order valence-electron chi connectivity index (χ2n) is 2.71. The molecule has 0 amide bonds. The lowest BCUT2D eigenvalue weighted by atomic mass is 10.0. The Balaban J connectivity index is 3.47. The van der Waals surface area contributed by atoms with Crippen LogP contribution in [0, 0.1) is 11.3 Å². The summed E-state index contributed by atoms with van der Waals surface area (Å²) in [6.45, 7) is 1.35. The second-order valence-corrected chi connectivity index (χ2v) is 3.11. The summed E-state index contributed by atoms with van der Waals surface area (Å²) in [4.78, 5) is 21.6. The molecule has 0 aromatic heterocycles. The van der Waals surface area contributed by atoms with E-state index in [-0.39, 0.29) is 27.5 Å². The van der Waals surface area contributed by atoms with Gasteiger partial charge in [0.2, 0.25) is 0 Å². The molecule has 0 spiro atoms. The van der Waals surface area contributed by atoms with Crippen molar-refractivity contribution in [2.24, 2.45) is 0 Å². The molecule has 1 aromatic rings. The van der Waals surface area contributed by atoms with Gasteiger partial charge in [0.25, 0.3) is 0 Å². The number of rotatable bonds is 2. The number of nitriles is 1. The van der Waals surface area contributed by atoms with Gasteiger partial charge in [-0.3, -0.25) is 9.59 Å². The van der Waals surface area contributed by atoms with E-state index in [1.165, 1.54) is 19.1 Å². The molecule has 4 heteroatoms. The van der Waals surface area contributed by atoms with Crippen molar-refractivity contribution in [2.75, 3.05) is 0 Å². The van der Waals surface area contributed by atoms with Crippen LogP contribution in [0.25, 0.3) is 0 Å². The van der Waals surface area contributed by atoms with Crippen molar-refractivity contribution < 1.29 is 9.59 Å². The first kappa shape index (κ1) is 10.4. The zero-order chi connectivity index (χ0) is 10.7. The molecule has 1 rings (SSSR count). The maximum Gasteiger partial charge on any atom is 0.161 e. The predicted octanol–water partition coefficient (Wildman–Crippen LogP) is 2.23. The molecule has 1 aromatic carbocycles. The van der Waals surface area contributed by atoms with Gasteiger partial charge < -0.3 is 0 Å². The van der Waals surface area contributed by atoms with Gasteiger partial charge in [0, 0.05) is 11.1 Å². The van der Waals surface area contributed by atoms with Crippen molar-refractivity contribution in [3.8, 4) is 6.07 Å². The van der Waals surface area contributed by atoms with Crippen molar-refractivity contribution >= 4 is 23.7 Å². The molecule has 14 heavy (non-hydrogen) atoms. The van der Waals surface area contributed by atoms with Crippen LogP contribution < -0.4 is 0 Å². The number of benzene rings is 1. The van der Waals surface area contributed by atoms with Crippen molar-refractivity contribution in [1.29, 1.82) is 5.26 Å². The van der Waals surface area contributed by atoms with E-state index in [1.54, 1.807) is 0 Å². The molecule has 0 heterocycles. The van der Waals surface area contributed by atoms with Gasteiger partial charge in [0.1, 0.15) is 0 Å². The number of ketones is 1. The van der Waals surface area contributed by atoms with Crippen molar-refractivity contribution in [3.05, 3.63) is 33.8 Å². The molecule has 0 fully saturated rings. The van der Waals surface area contributed by atoms with Gasteiger partial charge in [0.05, 0.1) is 16.7 Å². The van der Waals surface area contributed by atoms with Crippen LogP contribution in [0.1, 0.15) is 33.2 Å². The molecule has 0 bridgehead atoms. The molecule has 0 saturated carbocycles. The number of hydrogen-bond acceptors (Lipinski definition) is 3. The van der Waals surface area contributed by atoms with Gasteiger partial charge in [-0.2, -0.15) is 5.26 Å². The SMILES string of the molecule is CC(=O)c1cc(C=O)c(C#N)cc1Cl. The Hall–Kier alpha value is -1.66. The first-order valence-corrected chi connectivity index (χ1v) is 4.17. The van der Waals surface area contributed by atoms with Crippen LogP contribution in [0.5, 0.6) is 0 Å². The van der Waals surface area contributed by atoms with Gasteiger partial charge in [-0.1, -0.05) is 11.6 Å². The van der Waals surface area contributed by atoms with Crippen molar-refractivity contribution in [1.82, 2.24) is 0 Å². The Bertz CT molecular complexity index is 445. The Labute approximate surface area is 85.9 Å². The van der Waals surface area contributed by atoms with E-state index in [0.29, 0.717) is 6.29 Å². The maximum absolute atomic E-state index is 11.1. The molecule has 0 aliphatic heterocycles. The molecule has 3 nitrogen and oxygen atoms in total. The molecule has 0 N–H and O–H groups in total. The van der Waals surface area contributed by atoms with E-state index >= 15 is 0 Å². The van der Waals surface area contributed by atoms with Crippen molar-refractivity contribution in [3.63, 3.8) is 0 Å². The first-order chi connectivity index (χ1) is 6.60. The van der Waals surface area contributed by atoms with Crippen LogP contribution in [-0.2, 0) is 0 Å². The van der Waals surface area contributed by atoms with Crippen LogP contribution in [0.2, 0.25) is 5.02 Å². The summed E-state index contributed by atoms with van der Waals surface area (Å²) in [5, 5.41) is 8.85. The summed E-state index contributed by atoms with van der Waals surface area (Å²) in [6.07, 6.45) is 0.529. The third-order valence-electron chi connectivity index (χ3n) is 1.77. The van der Waals surface area contributed by atoms with Crippen LogP contribution in [0.3, 0.4) is 0 Å². The smallest absolute Gasteiger partial charge is 0.161 e. The highest BCUT2D eigenvalue weighted by molar-refractivity contribution is 6.34. The summed E-state index contributed by atoms with van der Waals surface area (Å²) in [5.41, 5.74) is 0.616. The predicted molar refractivity (Wildman–Crippen MR) is 51.6 cm³/mol. The molecule has 0 atom stereocenters. The fourth-order valence-electron chi connectivity index (χ4n) is 1.05. The normalized spacial score (nSPS) is 9.21. The summed E-state index contributed by atoms with van der Waals surface area (Å²) in [6, 6.07) is 4.48. The van der Waals surface area contributed by atoms with E-state index in [1.807, 2.05) is 6.07 Å². The van der Waals surface area contributed by atoms with Gasteiger partial charge >= 0.3 is 0 Å². The molecule has 0 aliphatic carbocycles. The Morgan fingerprint density at radius 2 is 2.21 bits per heavy atom. The highest BCUT2D eigenvalue weighted by Crippen LogP contribution is 2.20. The topological polar surface area (TPSA) is 57.9 Å². The zero-order valence-electron chi connectivity index (χ0n) is 7.37. The molecule has 0 saturated heterocycles. The second kappa shape index (κ2) is 4.03. The van der Waals surface area contributed by atoms with E-state index in [0.717, 1.165) is 0 Å². The third-order valence-corrected chi connectivity index (χ3v) is 2.08. The third kappa shape index (κ3) is 1.81. The summed E-state index contributed by atoms with van der Waals surface area (Å²) in [7, 11) is 0. The molecular weight excluding hydrogens is 202 g/mol. The van der Waals surface area contributed by atoms with Gasteiger partial charge in [-0.25, -0.2) is 0 Å². The van der Waals surface area contributed by atoms with E-state index in [2.05, 4.69) is 0 Å². The molecule has 0 radical (unpaired) electrons. The fraction of sp³-hybridized carbons (Fsp3) is 0.100. The molecule has 0 aliphatic rings. The van der Waals surface area contributed by atoms with Gasteiger partial charge in [-0.05, 0) is 19.1 Å². The average Bonchev–Trinajstić information content (AvgIpc) is 2.16. The first-order valence-electron chi connectivity index (χ1n) is 3.80. The zero-order valence-corrected chi connectivity index (χ0v) is 8.13. The van der Waals surface area contributed by atoms with Gasteiger partial charge in [0.15, 0.2) is 12.1 Å². The largest absolute Gasteiger partial charge is 0.298 e. The number of hydrogen-bond donors (Lipinski definition) is 0. The van der Waals surface area contributed by atoms with Crippen LogP contribution >= 0.6 is 11.6 Å². The Morgan fingerprint density at radius 1 is 1.57 bits per heavy atom. The van der Waals surface area contributed by atoms with Gasteiger partial charge in [-0.15, -0.1) is 0 Å². The number of halogens is 1. The number of nitrogens with zero attached hydrogens (tertiary/aromatic N) is 1. The van der Waals surface area contributed by atoms with Crippen LogP contribution in [-0.4, -0.2) is 12.1 Å². The highest BCUT2D eigenvalue weighted by atomic mass is 35.5. The molecule has 70 valence electrons. The fourth-order valence-corrected chi connectivity index (χ4v) is 1.35.